The summed E-state index contributed by atoms with van der Waals surface area (Å²) in [5.74, 6) is 0.958. The molecule has 0 saturated carbocycles. The summed E-state index contributed by atoms with van der Waals surface area (Å²) in [6, 6.07) is 19.5. The van der Waals surface area contributed by atoms with Crippen LogP contribution in [0.3, 0.4) is 0 Å². The van der Waals surface area contributed by atoms with E-state index in [1.807, 2.05) is 6.07 Å². The fourth-order valence-corrected chi connectivity index (χ4v) is 7.08. The molecule has 1 saturated heterocycles. The number of benzene rings is 3. The van der Waals surface area contributed by atoms with Gasteiger partial charge >= 0.3 is 0 Å². The lowest BCUT2D eigenvalue weighted by Crippen LogP contribution is -2.24. The molecule has 43 heavy (non-hydrogen) atoms. The number of aromatic nitrogens is 5. The van der Waals surface area contributed by atoms with Gasteiger partial charge in [0, 0.05) is 53.4 Å². The van der Waals surface area contributed by atoms with E-state index < -0.39 is 0 Å². The van der Waals surface area contributed by atoms with Crippen LogP contribution in [0.15, 0.2) is 83.2 Å². The van der Waals surface area contributed by atoms with Crippen LogP contribution in [0.2, 0.25) is 0 Å². The van der Waals surface area contributed by atoms with E-state index in [-0.39, 0.29) is 5.56 Å². The van der Waals surface area contributed by atoms with E-state index >= 15 is 0 Å². The molecular formula is C36H36N6O. The van der Waals surface area contributed by atoms with E-state index in [0.29, 0.717) is 12.1 Å². The van der Waals surface area contributed by atoms with Gasteiger partial charge in [0.15, 0.2) is 0 Å². The van der Waals surface area contributed by atoms with Crippen molar-refractivity contribution < 1.29 is 0 Å². The van der Waals surface area contributed by atoms with Gasteiger partial charge in [-0.15, -0.1) is 0 Å². The van der Waals surface area contributed by atoms with Crippen molar-refractivity contribution in [2.45, 2.75) is 52.1 Å². The van der Waals surface area contributed by atoms with Crippen LogP contribution in [-0.4, -0.2) is 48.6 Å². The minimum Gasteiger partial charge on any atom is -0.341 e. The number of hydrogen-bond donors (Lipinski definition) is 1. The predicted octanol–water partition coefficient (Wildman–Crippen LogP) is 6.98. The standard InChI is InChI=1S/C36H36N6O/c1-2-41-32-13-7-6-12-26(32)27-21-25(14-15-33(27)41)35-38-30-22-28-29(23-34(30)42(35)19-18-40-16-8-9-17-40)37-31(36(43)39-28)20-24-10-4-3-5-11-24/h4,6-7,10-15,21-23H,2-3,5,8-9,16-20H2,1H3,(H,39,43). The van der Waals surface area contributed by atoms with E-state index in [0.717, 1.165) is 84.6 Å². The van der Waals surface area contributed by atoms with Crippen LogP contribution in [0.5, 0.6) is 0 Å². The number of fused-ring (bicyclic) bond motifs is 5. The van der Waals surface area contributed by atoms with Crippen molar-refractivity contribution in [3.63, 3.8) is 0 Å². The van der Waals surface area contributed by atoms with Crippen molar-refractivity contribution in [3.05, 3.63) is 94.4 Å². The van der Waals surface area contributed by atoms with Gasteiger partial charge in [0.2, 0.25) is 0 Å². The van der Waals surface area contributed by atoms with Gasteiger partial charge in [0.1, 0.15) is 11.5 Å². The Morgan fingerprint density at radius 2 is 1.70 bits per heavy atom. The number of allylic oxidation sites excluding steroid dienone is 4. The lowest BCUT2D eigenvalue weighted by Gasteiger charge is -2.17. The van der Waals surface area contributed by atoms with Crippen LogP contribution in [0.1, 0.15) is 38.3 Å². The van der Waals surface area contributed by atoms with Gasteiger partial charge < -0.3 is 19.0 Å². The SMILES string of the molecule is CCn1c2ccccc2c2cc(-c3nc4cc5[nH]c(=O)c(CC6=CCCC=C6)nc5cc4n3CCN3CCCC3)ccc21. The molecule has 0 atom stereocenters. The zero-order valence-electron chi connectivity index (χ0n) is 24.6. The third-order valence-electron chi connectivity index (χ3n) is 9.26. The minimum atomic E-state index is -0.127. The summed E-state index contributed by atoms with van der Waals surface area (Å²) in [4.78, 5) is 28.8. The Bertz CT molecular complexity index is 2140. The van der Waals surface area contributed by atoms with Gasteiger partial charge in [0.25, 0.3) is 5.56 Å². The van der Waals surface area contributed by atoms with Gasteiger partial charge in [0.05, 0.1) is 22.1 Å². The highest BCUT2D eigenvalue weighted by atomic mass is 16.1. The molecule has 1 aliphatic carbocycles. The summed E-state index contributed by atoms with van der Waals surface area (Å²) in [6.07, 6.45) is 11.7. The highest BCUT2D eigenvalue weighted by Crippen LogP contribution is 2.34. The fraction of sp³-hybridized carbons (Fsp3) is 0.306. The Labute approximate surface area is 250 Å². The second-order valence-corrected chi connectivity index (χ2v) is 11.9. The van der Waals surface area contributed by atoms with Crippen molar-refractivity contribution in [2.75, 3.05) is 19.6 Å². The zero-order valence-corrected chi connectivity index (χ0v) is 24.6. The van der Waals surface area contributed by atoms with Crippen LogP contribution < -0.4 is 5.56 Å². The smallest absolute Gasteiger partial charge is 0.270 e. The Morgan fingerprint density at radius 1 is 0.837 bits per heavy atom. The topological polar surface area (TPSA) is 71.7 Å². The van der Waals surface area contributed by atoms with Crippen LogP contribution >= 0.6 is 0 Å². The Morgan fingerprint density at radius 3 is 2.53 bits per heavy atom. The molecule has 7 nitrogen and oxygen atoms in total. The van der Waals surface area contributed by atoms with E-state index in [1.165, 1.54) is 34.6 Å². The Kier molecular flexibility index (Phi) is 6.48. The van der Waals surface area contributed by atoms with Crippen molar-refractivity contribution >= 4 is 43.9 Å². The molecular weight excluding hydrogens is 532 g/mol. The second kappa shape index (κ2) is 10.7. The third-order valence-corrected chi connectivity index (χ3v) is 9.26. The third kappa shape index (κ3) is 4.59. The number of aromatic amines is 1. The fourth-order valence-electron chi connectivity index (χ4n) is 7.08. The largest absolute Gasteiger partial charge is 0.341 e. The second-order valence-electron chi connectivity index (χ2n) is 11.9. The summed E-state index contributed by atoms with van der Waals surface area (Å²) >= 11 is 0. The molecule has 0 unspecified atom stereocenters. The van der Waals surface area contributed by atoms with Crippen LogP contribution in [0.25, 0.3) is 55.3 Å². The molecule has 2 aliphatic rings. The normalized spacial score (nSPS) is 15.9. The molecule has 4 heterocycles. The van der Waals surface area contributed by atoms with E-state index in [2.05, 4.69) is 92.7 Å². The van der Waals surface area contributed by atoms with Crippen molar-refractivity contribution in [2.24, 2.45) is 0 Å². The molecule has 1 fully saturated rings. The maximum absolute atomic E-state index is 13.0. The Balaban J connectivity index is 1.28. The molecule has 1 N–H and O–H groups in total. The molecule has 7 heteroatoms. The maximum atomic E-state index is 13.0. The lowest BCUT2D eigenvalue weighted by molar-refractivity contribution is 0.325. The number of para-hydroxylation sites is 1. The van der Waals surface area contributed by atoms with E-state index in [4.69, 9.17) is 9.97 Å². The van der Waals surface area contributed by atoms with Crippen molar-refractivity contribution in [1.82, 2.24) is 29.0 Å². The van der Waals surface area contributed by atoms with Gasteiger partial charge in [-0.2, -0.15) is 0 Å². The van der Waals surface area contributed by atoms with E-state index in [1.54, 1.807) is 0 Å². The molecule has 1 aliphatic heterocycles. The molecule has 216 valence electrons. The van der Waals surface area contributed by atoms with E-state index in [9.17, 15) is 4.79 Å². The highest BCUT2D eigenvalue weighted by Gasteiger charge is 2.19. The molecule has 0 spiro atoms. The molecule has 3 aromatic carbocycles. The number of rotatable bonds is 7. The zero-order chi connectivity index (χ0) is 28.9. The van der Waals surface area contributed by atoms with Crippen molar-refractivity contribution in [1.29, 1.82) is 0 Å². The average Bonchev–Trinajstić information content (AvgIpc) is 3.76. The van der Waals surface area contributed by atoms with Crippen LogP contribution in [0.4, 0.5) is 0 Å². The van der Waals surface area contributed by atoms with Gasteiger partial charge in [-0.1, -0.05) is 36.4 Å². The van der Waals surface area contributed by atoms with Gasteiger partial charge in [-0.3, -0.25) is 4.79 Å². The first-order chi connectivity index (χ1) is 21.2. The molecule has 8 rings (SSSR count). The van der Waals surface area contributed by atoms with Crippen LogP contribution in [-0.2, 0) is 19.5 Å². The molecule has 0 bridgehead atoms. The number of nitrogens with zero attached hydrogens (tertiary/aromatic N) is 5. The summed E-state index contributed by atoms with van der Waals surface area (Å²) in [6.45, 7) is 7.27. The summed E-state index contributed by atoms with van der Waals surface area (Å²) in [5, 5.41) is 2.52. The summed E-state index contributed by atoms with van der Waals surface area (Å²) in [7, 11) is 0. The maximum Gasteiger partial charge on any atom is 0.270 e. The highest BCUT2D eigenvalue weighted by molar-refractivity contribution is 6.09. The molecule has 0 amide bonds. The Hall–Kier alpha value is -4.49. The summed E-state index contributed by atoms with van der Waals surface area (Å²) in [5.41, 5.74) is 8.66. The predicted molar refractivity (Wildman–Crippen MR) is 176 cm³/mol. The number of hydrogen-bond acceptors (Lipinski definition) is 4. The molecule has 6 aromatic rings. The minimum absolute atomic E-state index is 0.127. The number of likely N-dealkylation sites (tertiary alicyclic amines) is 1. The first-order valence-corrected chi connectivity index (χ1v) is 15.7. The van der Waals surface area contributed by atoms with Gasteiger partial charge in [-0.05, 0) is 87.7 Å². The summed E-state index contributed by atoms with van der Waals surface area (Å²) < 4.78 is 4.75. The number of H-pyrrole nitrogens is 1. The number of imidazole rings is 1. The van der Waals surface area contributed by atoms with Gasteiger partial charge in [-0.25, -0.2) is 9.97 Å². The van der Waals surface area contributed by atoms with Crippen LogP contribution in [0, 0.1) is 0 Å². The number of aryl methyl sites for hydroxylation is 1. The number of nitrogens with one attached hydrogen (secondary N) is 1. The first kappa shape index (κ1) is 26.2. The van der Waals surface area contributed by atoms with Crippen molar-refractivity contribution in [3.8, 4) is 11.4 Å². The lowest BCUT2D eigenvalue weighted by atomic mass is 10.0. The first-order valence-electron chi connectivity index (χ1n) is 15.7. The average molecular weight is 569 g/mol. The monoisotopic (exact) mass is 568 g/mol. The molecule has 3 aromatic heterocycles. The quantitative estimate of drug-likeness (QED) is 0.226. The molecule has 0 radical (unpaired) electrons.